The molecule has 0 radical (unpaired) electrons. The van der Waals surface area contributed by atoms with Crippen molar-refractivity contribution in [2.75, 3.05) is 37.4 Å². The highest BCUT2D eigenvalue weighted by Crippen LogP contribution is 2.24. The van der Waals surface area contributed by atoms with Crippen molar-refractivity contribution in [2.24, 2.45) is 0 Å². The van der Waals surface area contributed by atoms with E-state index < -0.39 is 15.9 Å². The maximum atomic E-state index is 12.9. The third-order valence-electron chi connectivity index (χ3n) is 4.25. The van der Waals surface area contributed by atoms with Crippen LogP contribution in [-0.4, -0.2) is 44.9 Å². The number of rotatable bonds is 4. The smallest absolute Gasteiger partial charge is 0.255 e. The third kappa shape index (κ3) is 4.59. The van der Waals surface area contributed by atoms with Gasteiger partial charge in [0.15, 0.2) is 0 Å². The largest absolute Gasteiger partial charge is 0.397 e. The number of nitrogen functional groups attached to an aromatic ring is 1. The SMILES string of the molecule is Cc1ccc(C(=O)Nc2ccccc2N)cc1S(=O)(=O)N1CCOCC1.Cl. The first-order chi connectivity index (χ1) is 12.4. The number of para-hydroxylation sites is 2. The molecule has 0 unspecified atom stereocenters. The number of nitrogens with two attached hydrogens (primary N) is 1. The summed E-state index contributed by atoms with van der Waals surface area (Å²) in [7, 11) is -3.68. The zero-order valence-corrected chi connectivity index (χ0v) is 16.5. The first kappa shape index (κ1) is 21.2. The summed E-state index contributed by atoms with van der Waals surface area (Å²) in [5.74, 6) is -0.415. The molecule has 2 aromatic carbocycles. The zero-order valence-electron chi connectivity index (χ0n) is 14.8. The van der Waals surface area contributed by atoms with E-state index in [9.17, 15) is 13.2 Å². The number of benzene rings is 2. The molecule has 7 nitrogen and oxygen atoms in total. The molecule has 0 bridgehead atoms. The molecule has 1 heterocycles. The molecule has 2 aromatic rings. The van der Waals surface area contributed by atoms with Gasteiger partial charge in [-0.1, -0.05) is 18.2 Å². The summed E-state index contributed by atoms with van der Waals surface area (Å²) in [6, 6.07) is 11.5. The van der Waals surface area contributed by atoms with Crippen LogP contribution in [-0.2, 0) is 14.8 Å². The minimum atomic E-state index is -3.68. The van der Waals surface area contributed by atoms with Gasteiger partial charge in [-0.2, -0.15) is 4.31 Å². The Morgan fingerprint density at radius 2 is 1.81 bits per heavy atom. The lowest BCUT2D eigenvalue weighted by molar-refractivity contribution is 0.0730. The summed E-state index contributed by atoms with van der Waals surface area (Å²) in [5.41, 5.74) is 7.61. The minimum absolute atomic E-state index is 0. The van der Waals surface area contributed by atoms with E-state index in [0.29, 0.717) is 43.2 Å². The number of carbonyl (C=O) groups excluding carboxylic acids is 1. The van der Waals surface area contributed by atoms with Gasteiger partial charge < -0.3 is 15.8 Å². The maximum absolute atomic E-state index is 12.9. The van der Waals surface area contributed by atoms with Gasteiger partial charge in [-0.15, -0.1) is 12.4 Å². The molecule has 3 rings (SSSR count). The lowest BCUT2D eigenvalue weighted by Gasteiger charge is -2.26. The van der Waals surface area contributed by atoms with Gasteiger partial charge in [0.25, 0.3) is 5.91 Å². The van der Waals surface area contributed by atoms with Crippen LogP contribution < -0.4 is 11.1 Å². The lowest BCUT2D eigenvalue weighted by Crippen LogP contribution is -2.40. The second kappa shape index (κ2) is 8.71. The Kier molecular flexibility index (Phi) is 6.83. The molecule has 0 atom stereocenters. The van der Waals surface area contributed by atoms with E-state index in [1.165, 1.54) is 10.4 Å². The Bertz CT molecular complexity index is 928. The van der Waals surface area contributed by atoms with Crippen LogP contribution in [0.1, 0.15) is 15.9 Å². The third-order valence-corrected chi connectivity index (χ3v) is 6.29. The minimum Gasteiger partial charge on any atom is -0.397 e. The number of morpholine rings is 1. The summed E-state index contributed by atoms with van der Waals surface area (Å²) in [6.07, 6.45) is 0. The number of carbonyl (C=O) groups is 1. The predicted molar refractivity (Wildman–Crippen MR) is 107 cm³/mol. The fourth-order valence-electron chi connectivity index (χ4n) is 2.75. The molecule has 0 aliphatic carbocycles. The van der Waals surface area contributed by atoms with Gasteiger partial charge in [0.05, 0.1) is 29.5 Å². The monoisotopic (exact) mass is 411 g/mol. The summed E-state index contributed by atoms with van der Waals surface area (Å²) < 4.78 is 32.4. The number of nitrogens with one attached hydrogen (secondary N) is 1. The fraction of sp³-hybridized carbons (Fsp3) is 0.278. The Hall–Kier alpha value is -2.13. The molecular formula is C18H22ClN3O4S. The maximum Gasteiger partial charge on any atom is 0.255 e. The van der Waals surface area contributed by atoms with Crippen LogP contribution in [0.25, 0.3) is 0 Å². The van der Waals surface area contributed by atoms with Gasteiger partial charge in [-0.25, -0.2) is 8.42 Å². The average molecular weight is 412 g/mol. The van der Waals surface area contributed by atoms with Crippen LogP contribution in [0.5, 0.6) is 0 Å². The molecule has 0 saturated carbocycles. The quantitative estimate of drug-likeness (QED) is 0.751. The molecule has 1 saturated heterocycles. The van der Waals surface area contributed by atoms with Gasteiger partial charge in [-0.05, 0) is 36.8 Å². The van der Waals surface area contributed by atoms with Crippen molar-refractivity contribution >= 4 is 39.7 Å². The number of amides is 1. The fourth-order valence-corrected chi connectivity index (χ4v) is 4.41. The molecule has 1 fully saturated rings. The normalized spacial score (nSPS) is 15.0. The molecule has 146 valence electrons. The van der Waals surface area contributed by atoms with E-state index >= 15 is 0 Å². The highest BCUT2D eigenvalue weighted by molar-refractivity contribution is 7.89. The number of ether oxygens (including phenoxy) is 1. The number of hydrogen-bond acceptors (Lipinski definition) is 5. The Morgan fingerprint density at radius 3 is 2.48 bits per heavy atom. The first-order valence-corrected chi connectivity index (χ1v) is 9.68. The van der Waals surface area contributed by atoms with Crippen molar-refractivity contribution in [2.45, 2.75) is 11.8 Å². The predicted octanol–water partition coefficient (Wildman–Crippen LogP) is 2.27. The standard InChI is InChI=1S/C18H21N3O4S.ClH/c1-13-6-7-14(18(22)20-16-5-3-2-4-15(16)19)12-17(13)26(23,24)21-8-10-25-11-9-21;/h2-7,12H,8-11,19H2,1H3,(H,20,22);1H. The number of halogens is 1. The molecule has 0 aromatic heterocycles. The van der Waals surface area contributed by atoms with E-state index in [1.807, 2.05) is 0 Å². The van der Waals surface area contributed by atoms with Gasteiger partial charge in [0.1, 0.15) is 0 Å². The highest BCUT2D eigenvalue weighted by atomic mass is 35.5. The molecule has 1 amide bonds. The van der Waals surface area contributed by atoms with Crippen LogP contribution in [0.15, 0.2) is 47.4 Å². The Labute approximate surface area is 165 Å². The second-order valence-electron chi connectivity index (χ2n) is 6.04. The summed E-state index contributed by atoms with van der Waals surface area (Å²) in [4.78, 5) is 12.7. The van der Waals surface area contributed by atoms with E-state index in [0.717, 1.165) is 0 Å². The van der Waals surface area contributed by atoms with Gasteiger partial charge in [0.2, 0.25) is 10.0 Å². The van der Waals surface area contributed by atoms with Crippen LogP contribution >= 0.6 is 12.4 Å². The zero-order chi connectivity index (χ0) is 18.7. The van der Waals surface area contributed by atoms with Crippen LogP contribution in [0.4, 0.5) is 11.4 Å². The van der Waals surface area contributed by atoms with Gasteiger partial charge in [-0.3, -0.25) is 4.79 Å². The summed E-state index contributed by atoms with van der Waals surface area (Å²) in [6.45, 7) is 3.05. The van der Waals surface area contributed by atoms with Gasteiger partial charge in [0, 0.05) is 18.7 Å². The number of nitrogens with zero attached hydrogens (tertiary/aromatic N) is 1. The van der Waals surface area contributed by atoms with Crippen molar-refractivity contribution in [1.82, 2.24) is 4.31 Å². The Morgan fingerprint density at radius 1 is 1.15 bits per heavy atom. The number of hydrogen-bond donors (Lipinski definition) is 2. The van der Waals surface area contributed by atoms with E-state index in [-0.39, 0.29) is 22.9 Å². The first-order valence-electron chi connectivity index (χ1n) is 8.24. The molecule has 0 spiro atoms. The number of sulfonamides is 1. The van der Waals surface area contributed by atoms with Crippen molar-refractivity contribution < 1.29 is 17.9 Å². The number of aryl methyl sites for hydroxylation is 1. The van der Waals surface area contributed by atoms with Crippen molar-refractivity contribution in [3.05, 3.63) is 53.6 Å². The van der Waals surface area contributed by atoms with Crippen molar-refractivity contribution in [1.29, 1.82) is 0 Å². The molecular weight excluding hydrogens is 390 g/mol. The molecule has 1 aliphatic heterocycles. The summed E-state index contributed by atoms with van der Waals surface area (Å²) >= 11 is 0. The highest BCUT2D eigenvalue weighted by Gasteiger charge is 2.28. The second-order valence-corrected chi connectivity index (χ2v) is 7.94. The van der Waals surface area contributed by atoms with Crippen molar-refractivity contribution in [3.8, 4) is 0 Å². The summed E-state index contributed by atoms with van der Waals surface area (Å²) in [5, 5.41) is 2.71. The van der Waals surface area contributed by atoms with Crippen LogP contribution in [0, 0.1) is 6.92 Å². The average Bonchev–Trinajstić information content (AvgIpc) is 2.64. The lowest BCUT2D eigenvalue weighted by atomic mass is 10.1. The van der Waals surface area contributed by atoms with Crippen molar-refractivity contribution in [3.63, 3.8) is 0 Å². The molecule has 3 N–H and O–H groups in total. The molecule has 27 heavy (non-hydrogen) atoms. The number of anilines is 2. The molecule has 1 aliphatic rings. The van der Waals surface area contributed by atoms with Crippen LogP contribution in [0.2, 0.25) is 0 Å². The van der Waals surface area contributed by atoms with Gasteiger partial charge >= 0.3 is 0 Å². The topological polar surface area (TPSA) is 102 Å². The van der Waals surface area contributed by atoms with Crippen LogP contribution in [0.3, 0.4) is 0 Å². The molecule has 9 heteroatoms. The van der Waals surface area contributed by atoms with E-state index in [4.69, 9.17) is 10.5 Å². The van der Waals surface area contributed by atoms with E-state index in [2.05, 4.69) is 5.32 Å². The Balaban J connectivity index is 0.00000261. The van der Waals surface area contributed by atoms with E-state index in [1.54, 1.807) is 43.3 Å².